The fraction of sp³-hybridized carbons (Fsp3) is 0.562. The summed E-state index contributed by atoms with van der Waals surface area (Å²) in [4.78, 5) is 12.5. The Kier molecular flexibility index (Phi) is 6.98. The van der Waals surface area contributed by atoms with Gasteiger partial charge in [0.05, 0.1) is 17.8 Å². The third-order valence-electron chi connectivity index (χ3n) is 4.14. The molecule has 0 aliphatic carbocycles. The zero-order valence-corrected chi connectivity index (χ0v) is 17.1. The lowest BCUT2D eigenvalue weighted by molar-refractivity contribution is -0.119. The first kappa shape index (κ1) is 21.8. The van der Waals surface area contributed by atoms with Crippen LogP contribution in [0.5, 0.6) is 0 Å². The first-order chi connectivity index (χ1) is 12.5. The van der Waals surface area contributed by atoms with E-state index in [0.717, 1.165) is 6.26 Å². The number of ether oxygens (including phenoxy) is 1. The molecule has 1 saturated heterocycles. The third kappa shape index (κ3) is 5.72. The lowest BCUT2D eigenvalue weighted by atomic mass is 10.2. The molecule has 27 heavy (non-hydrogen) atoms. The number of benzene rings is 1. The molecule has 1 aromatic carbocycles. The first-order valence-corrected chi connectivity index (χ1v) is 11.8. The Morgan fingerprint density at radius 2 is 1.89 bits per heavy atom. The Morgan fingerprint density at radius 1 is 1.26 bits per heavy atom. The van der Waals surface area contributed by atoms with Crippen LogP contribution >= 0.6 is 0 Å². The van der Waals surface area contributed by atoms with Crippen LogP contribution in [0.2, 0.25) is 0 Å². The number of sulfonamides is 2. The zero-order chi connectivity index (χ0) is 20.2. The van der Waals surface area contributed by atoms with E-state index in [-0.39, 0.29) is 17.5 Å². The van der Waals surface area contributed by atoms with Crippen molar-refractivity contribution in [2.75, 3.05) is 31.8 Å². The van der Waals surface area contributed by atoms with Crippen molar-refractivity contribution in [2.45, 2.75) is 36.7 Å². The van der Waals surface area contributed by atoms with Crippen LogP contribution in [-0.2, 0) is 29.6 Å². The van der Waals surface area contributed by atoms with Crippen LogP contribution in [-0.4, -0.2) is 65.6 Å². The second-order valence-electron chi connectivity index (χ2n) is 6.52. The topological polar surface area (TPSA) is 122 Å². The normalized spacial score (nSPS) is 19.7. The summed E-state index contributed by atoms with van der Waals surface area (Å²) in [6.07, 6.45) is 2.15. The second kappa shape index (κ2) is 8.65. The fourth-order valence-electron chi connectivity index (χ4n) is 2.96. The maximum atomic E-state index is 12.4. The van der Waals surface area contributed by atoms with E-state index < -0.39 is 32.0 Å². The molecule has 9 nitrogen and oxygen atoms in total. The molecule has 152 valence electrons. The smallest absolute Gasteiger partial charge is 0.242 e. The Hall–Kier alpha value is -1.53. The largest absolute Gasteiger partial charge is 0.383 e. The van der Waals surface area contributed by atoms with E-state index in [1.165, 1.54) is 35.7 Å². The molecule has 0 saturated carbocycles. The number of carbonyl (C=O) groups excluding carboxylic acids is 1. The molecule has 1 aliphatic heterocycles. The van der Waals surface area contributed by atoms with Gasteiger partial charge in [-0.1, -0.05) is 0 Å². The number of methoxy groups -OCH3 is 1. The van der Waals surface area contributed by atoms with Gasteiger partial charge in [0.15, 0.2) is 0 Å². The van der Waals surface area contributed by atoms with Gasteiger partial charge >= 0.3 is 0 Å². The summed E-state index contributed by atoms with van der Waals surface area (Å²) in [7, 11) is -5.67. The number of rotatable bonds is 8. The molecule has 2 atom stereocenters. The number of carbonyl (C=O) groups is 1. The highest BCUT2D eigenvalue weighted by Gasteiger charge is 2.36. The number of anilines is 1. The average Bonchev–Trinajstić information content (AvgIpc) is 3.05. The molecule has 0 aromatic heterocycles. The van der Waals surface area contributed by atoms with Gasteiger partial charge in [-0.15, -0.1) is 0 Å². The molecule has 0 radical (unpaired) electrons. The summed E-state index contributed by atoms with van der Waals surface area (Å²) in [5.41, 5.74) is 0.393. The molecule has 1 aliphatic rings. The zero-order valence-electron chi connectivity index (χ0n) is 15.5. The van der Waals surface area contributed by atoms with Gasteiger partial charge in [0.25, 0.3) is 0 Å². The summed E-state index contributed by atoms with van der Waals surface area (Å²) in [5, 5.41) is 2.65. The highest BCUT2D eigenvalue weighted by Crippen LogP contribution is 2.22. The van der Waals surface area contributed by atoms with Gasteiger partial charge in [0.2, 0.25) is 26.0 Å². The minimum Gasteiger partial charge on any atom is -0.383 e. The molecule has 1 aromatic rings. The van der Waals surface area contributed by atoms with E-state index in [0.29, 0.717) is 25.1 Å². The van der Waals surface area contributed by atoms with Crippen LogP contribution in [0, 0.1) is 0 Å². The standard InChI is InChI=1S/C16H25N3O6S2/c1-12(11-25-2)18-27(23,24)14-8-6-13(7-9-14)17-16(20)15-5-4-10-19(15)26(3,21)22/h6-9,12,15,18H,4-5,10-11H2,1-3H3,(H,17,20). The van der Waals surface area contributed by atoms with Crippen molar-refractivity contribution in [2.24, 2.45) is 0 Å². The van der Waals surface area contributed by atoms with Crippen molar-refractivity contribution in [1.82, 2.24) is 9.03 Å². The summed E-state index contributed by atoms with van der Waals surface area (Å²) >= 11 is 0. The van der Waals surface area contributed by atoms with Gasteiger partial charge in [0, 0.05) is 25.4 Å². The van der Waals surface area contributed by atoms with Crippen LogP contribution in [0.3, 0.4) is 0 Å². The van der Waals surface area contributed by atoms with Crippen LogP contribution < -0.4 is 10.0 Å². The van der Waals surface area contributed by atoms with E-state index in [4.69, 9.17) is 4.74 Å². The summed E-state index contributed by atoms with van der Waals surface area (Å²) < 4.78 is 56.7. The average molecular weight is 420 g/mol. The molecule has 2 rings (SSSR count). The predicted octanol–water partition coefficient (Wildman–Crippen LogP) is 0.362. The van der Waals surface area contributed by atoms with Gasteiger partial charge in [-0.25, -0.2) is 21.6 Å². The highest BCUT2D eigenvalue weighted by atomic mass is 32.2. The van der Waals surface area contributed by atoms with Crippen LogP contribution in [0.4, 0.5) is 5.69 Å². The minimum atomic E-state index is -3.70. The molecule has 0 bridgehead atoms. The van der Waals surface area contributed by atoms with Crippen LogP contribution in [0.25, 0.3) is 0 Å². The number of amides is 1. The van der Waals surface area contributed by atoms with E-state index in [1.807, 2.05) is 0 Å². The lowest BCUT2D eigenvalue weighted by Gasteiger charge is -2.21. The maximum Gasteiger partial charge on any atom is 0.242 e. The molecule has 1 amide bonds. The van der Waals surface area contributed by atoms with E-state index >= 15 is 0 Å². The summed E-state index contributed by atoms with van der Waals surface area (Å²) in [5.74, 6) is -0.430. The monoisotopic (exact) mass is 419 g/mol. The molecule has 0 spiro atoms. The van der Waals surface area contributed by atoms with E-state index in [9.17, 15) is 21.6 Å². The van der Waals surface area contributed by atoms with Gasteiger partial charge < -0.3 is 10.1 Å². The van der Waals surface area contributed by atoms with Crippen LogP contribution in [0.1, 0.15) is 19.8 Å². The Bertz CT molecular complexity index is 868. The highest BCUT2D eigenvalue weighted by molar-refractivity contribution is 7.89. The third-order valence-corrected chi connectivity index (χ3v) is 7.03. The van der Waals surface area contributed by atoms with Gasteiger partial charge in [-0.3, -0.25) is 4.79 Å². The molecule has 11 heteroatoms. The Balaban J connectivity index is 2.06. The van der Waals surface area contributed by atoms with E-state index in [2.05, 4.69) is 10.0 Å². The molecular weight excluding hydrogens is 394 g/mol. The van der Waals surface area contributed by atoms with Gasteiger partial charge in [0.1, 0.15) is 6.04 Å². The summed E-state index contributed by atoms with van der Waals surface area (Å²) in [6.45, 7) is 2.25. The van der Waals surface area contributed by atoms with Crippen molar-refractivity contribution >= 4 is 31.6 Å². The second-order valence-corrected chi connectivity index (χ2v) is 10.2. The number of hydrogen-bond acceptors (Lipinski definition) is 6. The SMILES string of the molecule is COCC(C)NS(=O)(=O)c1ccc(NC(=O)C2CCCN2S(C)(=O)=O)cc1. The van der Waals surface area contributed by atoms with E-state index in [1.54, 1.807) is 6.92 Å². The van der Waals surface area contributed by atoms with Crippen LogP contribution in [0.15, 0.2) is 29.2 Å². The van der Waals surface area contributed by atoms with Gasteiger partial charge in [-0.2, -0.15) is 4.31 Å². The molecule has 1 heterocycles. The molecule has 2 N–H and O–H groups in total. The Labute approximate surface area is 160 Å². The quantitative estimate of drug-likeness (QED) is 0.627. The van der Waals surface area contributed by atoms with Crippen molar-refractivity contribution in [1.29, 1.82) is 0 Å². The predicted molar refractivity (Wildman–Crippen MR) is 101 cm³/mol. The van der Waals surface area contributed by atoms with Gasteiger partial charge in [-0.05, 0) is 44.0 Å². The number of nitrogens with one attached hydrogen (secondary N) is 2. The van der Waals surface area contributed by atoms with Crippen molar-refractivity contribution in [3.8, 4) is 0 Å². The number of nitrogens with zero attached hydrogens (tertiary/aromatic N) is 1. The lowest BCUT2D eigenvalue weighted by Crippen LogP contribution is -2.42. The molecular formula is C16H25N3O6S2. The number of hydrogen-bond donors (Lipinski definition) is 2. The van der Waals surface area contributed by atoms with Crippen molar-refractivity contribution in [3.63, 3.8) is 0 Å². The van der Waals surface area contributed by atoms with Crippen molar-refractivity contribution in [3.05, 3.63) is 24.3 Å². The minimum absolute atomic E-state index is 0.0575. The fourth-order valence-corrected chi connectivity index (χ4v) is 5.31. The first-order valence-electron chi connectivity index (χ1n) is 8.43. The maximum absolute atomic E-state index is 12.4. The molecule has 1 fully saturated rings. The van der Waals surface area contributed by atoms with Crippen molar-refractivity contribution < 1.29 is 26.4 Å². The summed E-state index contributed by atoms with van der Waals surface area (Å²) in [6, 6.07) is 4.55. The Morgan fingerprint density at radius 3 is 2.44 bits per heavy atom. The molecule has 2 unspecified atom stereocenters.